The summed E-state index contributed by atoms with van der Waals surface area (Å²) in [6.07, 6.45) is 0. The van der Waals surface area contributed by atoms with Crippen LogP contribution in [0.25, 0.3) is 10.8 Å². The monoisotopic (exact) mass is 352 g/mol. The molecule has 0 saturated carbocycles. The quantitative estimate of drug-likeness (QED) is 0.455. The van der Waals surface area contributed by atoms with Crippen molar-refractivity contribution in [2.24, 2.45) is 0 Å². The predicted octanol–water partition coefficient (Wildman–Crippen LogP) is 3.85. The smallest absolute Gasteiger partial charge is 0.344 e. The maximum absolute atomic E-state index is 11.8. The molecule has 0 unspecified atom stereocenters. The van der Waals surface area contributed by atoms with Gasteiger partial charge in [0.1, 0.15) is 30.5 Å². The van der Waals surface area contributed by atoms with Crippen molar-refractivity contribution in [2.75, 3.05) is 26.9 Å². The Morgan fingerprint density at radius 1 is 0.808 bits per heavy atom. The second-order valence-corrected chi connectivity index (χ2v) is 5.51. The van der Waals surface area contributed by atoms with Crippen LogP contribution in [0.15, 0.2) is 66.7 Å². The molecule has 134 valence electrons. The third-order valence-electron chi connectivity index (χ3n) is 3.77. The average Bonchev–Trinajstić information content (AvgIpc) is 2.70. The van der Waals surface area contributed by atoms with Crippen molar-refractivity contribution in [3.8, 4) is 17.2 Å². The van der Waals surface area contributed by atoms with Gasteiger partial charge in [0.25, 0.3) is 0 Å². The fourth-order valence-corrected chi connectivity index (χ4v) is 2.49. The van der Waals surface area contributed by atoms with Gasteiger partial charge >= 0.3 is 5.97 Å². The van der Waals surface area contributed by atoms with E-state index in [1.165, 1.54) is 0 Å². The molecule has 0 N–H and O–H groups in total. The van der Waals surface area contributed by atoms with E-state index in [0.29, 0.717) is 11.5 Å². The Balaban J connectivity index is 1.41. The number of carbonyl (C=O) groups excluding carboxylic acids is 1. The van der Waals surface area contributed by atoms with Crippen LogP contribution in [0.5, 0.6) is 17.2 Å². The number of carbonyl (C=O) groups is 1. The first kappa shape index (κ1) is 17.6. The van der Waals surface area contributed by atoms with Gasteiger partial charge in [0, 0.05) is 5.39 Å². The Labute approximate surface area is 152 Å². The molecular formula is C21H20O5. The normalized spacial score (nSPS) is 10.3. The van der Waals surface area contributed by atoms with Crippen molar-refractivity contribution < 1.29 is 23.7 Å². The van der Waals surface area contributed by atoms with Gasteiger partial charge in [-0.3, -0.25) is 0 Å². The highest BCUT2D eigenvalue weighted by Gasteiger charge is 2.07. The van der Waals surface area contributed by atoms with Gasteiger partial charge in [0.15, 0.2) is 6.61 Å². The lowest BCUT2D eigenvalue weighted by molar-refractivity contribution is -0.146. The third kappa shape index (κ3) is 4.66. The zero-order chi connectivity index (χ0) is 18.2. The number of hydrogen-bond donors (Lipinski definition) is 0. The van der Waals surface area contributed by atoms with Crippen LogP contribution in [0.3, 0.4) is 0 Å². The molecule has 3 rings (SSSR count). The Morgan fingerprint density at radius 3 is 2.35 bits per heavy atom. The molecular weight excluding hydrogens is 332 g/mol. The molecule has 0 aliphatic heterocycles. The summed E-state index contributed by atoms with van der Waals surface area (Å²) in [7, 11) is 1.61. The summed E-state index contributed by atoms with van der Waals surface area (Å²) in [5.41, 5.74) is 0. The lowest BCUT2D eigenvalue weighted by Gasteiger charge is -2.10. The minimum absolute atomic E-state index is 0.142. The molecule has 0 heterocycles. The summed E-state index contributed by atoms with van der Waals surface area (Å²) in [4.78, 5) is 11.8. The Hall–Kier alpha value is -3.21. The third-order valence-corrected chi connectivity index (χ3v) is 3.77. The lowest BCUT2D eigenvalue weighted by atomic mass is 10.1. The van der Waals surface area contributed by atoms with Crippen molar-refractivity contribution in [2.45, 2.75) is 0 Å². The summed E-state index contributed by atoms with van der Waals surface area (Å²) in [5, 5.41) is 2.02. The largest absolute Gasteiger partial charge is 0.497 e. The Morgan fingerprint density at radius 2 is 1.54 bits per heavy atom. The number of rotatable bonds is 8. The Bertz CT molecular complexity index is 852. The molecule has 0 bridgehead atoms. The highest BCUT2D eigenvalue weighted by molar-refractivity contribution is 5.88. The SMILES string of the molecule is COc1ccc(OCCOC(=O)COc2cccc3ccccc23)cc1. The predicted molar refractivity (Wildman–Crippen MR) is 98.9 cm³/mol. The fourth-order valence-electron chi connectivity index (χ4n) is 2.49. The van der Waals surface area contributed by atoms with Gasteiger partial charge in [-0.05, 0) is 35.7 Å². The summed E-state index contributed by atoms with van der Waals surface area (Å²) < 4.78 is 21.3. The number of methoxy groups -OCH3 is 1. The van der Waals surface area contributed by atoms with Crippen molar-refractivity contribution >= 4 is 16.7 Å². The van der Waals surface area contributed by atoms with Gasteiger partial charge < -0.3 is 18.9 Å². The van der Waals surface area contributed by atoms with E-state index in [1.807, 2.05) is 42.5 Å². The second kappa shape index (κ2) is 8.76. The van der Waals surface area contributed by atoms with Crippen molar-refractivity contribution in [1.29, 1.82) is 0 Å². The molecule has 5 heteroatoms. The standard InChI is InChI=1S/C21H20O5/c1-23-17-9-11-18(12-10-17)24-13-14-25-21(22)15-26-20-8-4-6-16-5-2-3-7-19(16)20/h2-12H,13-15H2,1H3. The van der Waals surface area contributed by atoms with Crippen LogP contribution in [-0.4, -0.2) is 32.9 Å². The first-order valence-corrected chi connectivity index (χ1v) is 8.29. The van der Waals surface area contributed by atoms with Gasteiger partial charge in [0.2, 0.25) is 0 Å². The van der Waals surface area contributed by atoms with Crippen LogP contribution < -0.4 is 14.2 Å². The van der Waals surface area contributed by atoms with Gasteiger partial charge in [-0.2, -0.15) is 0 Å². The maximum atomic E-state index is 11.8. The molecule has 0 amide bonds. The molecule has 0 radical (unpaired) electrons. The van der Waals surface area contributed by atoms with Crippen molar-refractivity contribution in [3.63, 3.8) is 0 Å². The van der Waals surface area contributed by atoms with Gasteiger partial charge in [-0.1, -0.05) is 36.4 Å². The maximum Gasteiger partial charge on any atom is 0.344 e. The number of fused-ring (bicyclic) bond motifs is 1. The molecule has 0 atom stereocenters. The van der Waals surface area contributed by atoms with E-state index < -0.39 is 5.97 Å². The fraction of sp³-hybridized carbons (Fsp3) is 0.190. The van der Waals surface area contributed by atoms with Gasteiger partial charge in [-0.25, -0.2) is 4.79 Å². The minimum Gasteiger partial charge on any atom is -0.497 e. The van der Waals surface area contributed by atoms with Crippen LogP contribution in [-0.2, 0) is 9.53 Å². The summed E-state index contributed by atoms with van der Waals surface area (Å²) in [6.45, 7) is 0.284. The number of ether oxygens (including phenoxy) is 4. The van der Waals surface area contributed by atoms with Gasteiger partial charge in [-0.15, -0.1) is 0 Å². The van der Waals surface area contributed by atoms with Crippen LogP contribution in [0, 0.1) is 0 Å². The highest BCUT2D eigenvalue weighted by atomic mass is 16.6. The van der Waals surface area contributed by atoms with E-state index in [1.54, 1.807) is 31.4 Å². The molecule has 0 fully saturated rings. The number of benzene rings is 3. The molecule has 26 heavy (non-hydrogen) atoms. The molecule has 0 aliphatic carbocycles. The van der Waals surface area contributed by atoms with E-state index in [0.717, 1.165) is 16.5 Å². The molecule has 5 nitrogen and oxygen atoms in total. The van der Waals surface area contributed by atoms with Crippen molar-refractivity contribution in [1.82, 2.24) is 0 Å². The number of hydrogen-bond acceptors (Lipinski definition) is 5. The van der Waals surface area contributed by atoms with Crippen LogP contribution in [0.1, 0.15) is 0 Å². The first-order valence-electron chi connectivity index (χ1n) is 8.29. The van der Waals surface area contributed by atoms with Crippen LogP contribution in [0.2, 0.25) is 0 Å². The summed E-state index contributed by atoms with van der Waals surface area (Å²) in [5.74, 6) is 1.68. The summed E-state index contributed by atoms with van der Waals surface area (Å²) in [6, 6.07) is 20.8. The molecule has 0 saturated heterocycles. The molecule has 0 spiro atoms. The van der Waals surface area contributed by atoms with Gasteiger partial charge in [0.05, 0.1) is 7.11 Å². The topological polar surface area (TPSA) is 54.0 Å². The zero-order valence-corrected chi connectivity index (χ0v) is 14.5. The zero-order valence-electron chi connectivity index (χ0n) is 14.5. The Kier molecular flexibility index (Phi) is 5.93. The van der Waals surface area contributed by atoms with Crippen molar-refractivity contribution in [3.05, 3.63) is 66.7 Å². The van der Waals surface area contributed by atoms with E-state index in [-0.39, 0.29) is 19.8 Å². The van der Waals surface area contributed by atoms with Crippen LogP contribution >= 0.6 is 0 Å². The summed E-state index contributed by atoms with van der Waals surface area (Å²) >= 11 is 0. The first-order chi connectivity index (χ1) is 12.8. The molecule has 3 aromatic rings. The second-order valence-electron chi connectivity index (χ2n) is 5.51. The molecule has 0 aliphatic rings. The molecule has 0 aromatic heterocycles. The van der Waals surface area contributed by atoms with E-state index in [4.69, 9.17) is 18.9 Å². The molecule has 3 aromatic carbocycles. The number of esters is 1. The van der Waals surface area contributed by atoms with E-state index in [2.05, 4.69) is 0 Å². The lowest BCUT2D eigenvalue weighted by Crippen LogP contribution is -2.18. The van der Waals surface area contributed by atoms with E-state index >= 15 is 0 Å². The highest BCUT2D eigenvalue weighted by Crippen LogP contribution is 2.25. The van der Waals surface area contributed by atoms with Crippen LogP contribution in [0.4, 0.5) is 0 Å². The average molecular weight is 352 g/mol. The minimum atomic E-state index is -0.434. The van der Waals surface area contributed by atoms with E-state index in [9.17, 15) is 4.79 Å².